The fourth-order valence-corrected chi connectivity index (χ4v) is 2.38. The Hall–Kier alpha value is -3.22. The monoisotopic (exact) mass is 328 g/mol. The van der Waals surface area contributed by atoms with E-state index in [1.165, 1.54) is 31.4 Å². The number of aromatic nitrogens is 2. The van der Waals surface area contributed by atoms with E-state index in [1.54, 1.807) is 12.1 Å². The van der Waals surface area contributed by atoms with Gasteiger partial charge in [0.25, 0.3) is 5.56 Å². The number of fused-ring (bicyclic) bond motifs is 1. The topological polar surface area (TPSA) is 92.3 Å². The van der Waals surface area contributed by atoms with Crippen molar-refractivity contribution in [3.63, 3.8) is 0 Å². The van der Waals surface area contributed by atoms with Gasteiger partial charge in [-0.3, -0.25) is 4.79 Å². The third kappa shape index (κ3) is 2.96. The van der Waals surface area contributed by atoms with Crippen molar-refractivity contribution in [1.29, 1.82) is 0 Å². The summed E-state index contributed by atoms with van der Waals surface area (Å²) in [6.07, 6.45) is 0.0678. The summed E-state index contributed by atoms with van der Waals surface area (Å²) in [5, 5.41) is 9.31. The lowest BCUT2D eigenvalue weighted by atomic mass is 10.1. The van der Waals surface area contributed by atoms with E-state index in [0.29, 0.717) is 11.3 Å². The lowest BCUT2D eigenvalue weighted by molar-refractivity contribution is 0.0697. The summed E-state index contributed by atoms with van der Waals surface area (Å²) < 4.78 is 19.0. The highest BCUT2D eigenvalue weighted by Crippen LogP contribution is 2.18. The molecule has 3 aromatic rings. The van der Waals surface area contributed by atoms with Gasteiger partial charge in [-0.05, 0) is 29.8 Å². The largest absolute Gasteiger partial charge is 0.497 e. The Morgan fingerprint density at radius 2 is 2.08 bits per heavy atom. The van der Waals surface area contributed by atoms with Crippen LogP contribution in [0.3, 0.4) is 0 Å². The maximum absolute atomic E-state index is 14.0. The molecule has 2 aromatic carbocycles. The molecule has 6 nitrogen and oxygen atoms in total. The molecule has 7 heteroatoms. The van der Waals surface area contributed by atoms with E-state index < -0.39 is 17.3 Å². The minimum atomic E-state index is -1.11. The molecule has 0 saturated carbocycles. The third-order valence-corrected chi connectivity index (χ3v) is 3.62. The Labute approximate surface area is 135 Å². The zero-order chi connectivity index (χ0) is 17.3. The van der Waals surface area contributed by atoms with Crippen LogP contribution in [-0.2, 0) is 6.42 Å². The van der Waals surface area contributed by atoms with Gasteiger partial charge < -0.3 is 14.8 Å². The average molecular weight is 328 g/mol. The van der Waals surface area contributed by atoms with E-state index in [4.69, 9.17) is 9.84 Å². The van der Waals surface area contributed by atoms with Gasteiger partial charge in [0.1, 0.15) is 17.4 Å². The van der Waals surface area contributed by atoms with Crippen molar-refractivity contribution >= 4 is 16.9 Å². The van der Waals surface area contributed by atoms with Gasteiger partial charge in [0.2, 0.25) is 0 Å². The van der Waals surface area contributed by atoms with Crippen LogP contribution in [0.4, 0.5) is 4.39 Å². The molecule has 0 atom stereocenters. The van der Waals surface area contributed by atoms with Gasteiger partial charge >= 0.3 is 5.97 Å². The summed E-state index contributed by atoms with van der Waals surface area (Å²) in [5.41, 5.74) is 0.221. The highest BCUT2D eigenvalue weighted by Gasteiger charge is 2.11. The van der Waals surface area contributed by atoms with Gasteiger partial charge in [-0.2, -0.15) is 0 Å². The fraction of sp³-hybridized carbons (Fsp3) is 0.118. The number of nitrogens with zero attached hydrogens (tertiary/aromatic N) is 1. The maximum atomic E-state index is 14.0. The molecule has 0 aliphatic rings. The second-order valence-corrected chi connectivity index (χ2v) is 5.18. The van der Waals surface area contributed by atoms with Crippen LogP contribution in [0.5, 0.6) is 5.75 Å². The molecular formula is C17H13FN2O4. The second-order valence-electron chi connectivity index (χ2n) is 5.18. The first-order valence-corrected chi connectivity index (χ1v) is 7.06. The first-order valence-electron chi connectivity index (χ1n) is 7.06. The lowest BCUT2D eigenvalue weighted by Gasteiger charge is -2.07. The first-order chi connectivity index (χ1) is 11.5. The number of nitrogens with one attached hydrogen (secondary N) is 1. The van der Waals surface area contributed by atoms with Crippen molar-refractivity contribution in [2.24, 2.45) is 0 Å². The van der Waals surface area contributed by atoms with Gasteiger partial charge in [-0.25, -0.2) is 14.2 Å². The molecule has 0 spiro atoms. The minimum Gasteiger partial charge on any atom is -0.497 e. The van der Waals surface area contributed by atoms with Crippen LogP contribution in [0.15, 0.2) is 41.2 Å². The quantitative estimate of drug-likeness (QED) is 0.767. The standard InChI is InChI=1S/C17H13FN2O4/c1-24-11-4-2-9(13(18)8-11)7-15-19-14-6-10(17(22)23)3-5-12(14)16(21)20-15/h2-6,8H,7H2,1H3,(H,22,23)(H,19,20,21). The molecule has 1 heterocycles. The second kappa shape index (κ2) is 6.11. The summed E-state index contributed by atoms with van der Waals surface area (Å²) >= 11 is 0. The van der Waals surface area contributed by atoms with Crippen LogP contribution in [-0.4, -0.2) is 28.2 Å². The maximum Gasteiger partial charge on any atom is 0.335 e. The highest BCUT2D eigenvalue weighted by atomic mass is 19.1. The molecular weight excluding hydrogens is 315 g/mol. The van der Waals surface area contributed by atoms with Gasteiger partial charge in [-0.15, -0.1) is 0 Å². The predicted molar refractivity (Wildman–Crippen MR) is 85.1 cm³/mol. The van der Waals surface area contributed by atoms with E-state index in [0.717, 1.165) is 0 Å². The third-order valence-electron chi connectivity index (χ3n) is 3.62. The van der Waals surface area contributed by atoms with E-state index in [1.807, 2.05) is 0 Å². The van der Waals surface area contributed by atoms with Crippen LogP contribution >= 0.6 is 0 Å². The summed E-state index contributed by atoms with van der Waals surface area (Å²) in [6, 6.07) is 8.47. The van der Waals surface area contributed by atoms with Crippen molar-refractivity contribution in [1.82, 2.24) is 9.97 Å². The first kappa shape index (κ1) is 15.7. The van der Waals surface area contributed by atoms with Crippen molar-refractivity contribution in [3.8, 4) is 5.75 Å². The molecule has 0 saturated heterocycles. The number of methoxy groups -OCH3 is 1. The number of H-pyrrole nitrogens is 1. The van der Waals surface area contributed by atoms with Crippen LogP contribution in [0, 0.1) is 5.82 Å². The molecule has 0 radical (unpaired) electrons. The van der Waals surface area contributed by atoms with Crippen molar-refractivity contribution in [2.75, 3.05) is 7.11 Å². The summed E-state index contributed by atoms with van der Waals surface area (Å²) in [5.74, 6) is -0.945. The highest BCUT2D eigenvalue weighted by molar-refractivity contribution is 5.92. The number of ether oxygens (including phenoxy) is 1. The number of rotatable bonds is 4. The number of carboxylic acid groups (broad SMARTS) is 1. The Morgan fingerprint density at radius 1 is 1.29 bits per heavy atom. The molecule has 2 N–H and O–H groups in total. The van der Waals surface area contributed by atoms with Crippen LogP contribution in [0.1, 0.15) is 21.7 Å². The van der Waals surface area contributed by atoms with Crippen LogP contribution < -0.4 is 10.3 Å². The molecule has 24 heavy (non-hydrogen) atoms. The molecule has 0 fully saturated rings. The normalized spacial score (nSPS) is 10.8. The Balaban J connectivity index is 2.03. The number of aromatic carboxylic acids is 1. The number of carbonyl (C=O) groups is 1. The van der Waals surface area contributed by atoms with Gasteiger partial charge in [0, 0.05) is 12.5 Å². The van der Waals surface area contributed by atoms with Crippen molar-refractivity contribution in [3.05, 3.63) is 69.5 Å². The molecule has 0 aliphatic heterocycles. The average Bonchev–Trinajstić information content (AvgIpc) is 2.56. The van der Waals surface area contributed by atoms with E-state index in [9.17, 15) is 14.0 Å². The lowest BCUT2D eigenvalue weighted by Crippen LogP contribution is -2.13. The number of hydrogen-bond donors (Lipinski definition) is 2. The molecule has 0 unspecified atom stereocenters. The Bertz CT molecular complexity index is 998. The fourth-order valence-electron chi connectivity index (χ4n) is 2.38. The smallest absolute Gasteiger partial charge is 0.335 e. The zero-order valence-corrected chi connectivity index (χ0v) is 12.7. The molecule has 0 bridgehead atoms. The summed E-state index contributed by atoms with van der Waals surface area (Å²) in [4.78, 5) is 30.0. The molecule has 0 amide bonds. The number of halogens is 1. The van der Waals surface area contributed by atoms with Crippen molar-refractivity contribution < 1.29 is 19.0 Å². The number of hydrogen-bond acceptors (Lipinski definition) is 4. The number of carboxylic acids is 1. The summed E-state index contributed by atoms with van der Waals surface area (Å²) in [7, 11) is 1.44. The predicted octanol–water partition coefficient (Wildman–Crippen LogP) is 2.36. The molecule has 0 aliphatic carbocycles. The summed E-state index contributed by atoms with van der Waals surface area (Å²) in [6.45, 7) is 0. The van der Waals surface area contributed by atoms with Gasteiger partial charge in [0.05, 0.1) is 23.6 Å². The molecule has 1 aromatic heterocycles. The van der Waals surface area contributed by atoms with Gasteiger partial charge in [0.15, 0.2) is 0 Å². The Kier molecular flexibility index (Phi) is 3.99. The molecule has 3 rings (SSSR count). The van der Waals surface area contributed by atoms with Gasteiger partial charge in [-0.1, -0.05) is 6.07 Å². The number of aromatic amines is 1. The van der Waals surface area contributed by atoms with E-state index in [-0.39, 0.29) is 28.7 Å². The van der Waals surface area contributed by atoms with E-state index in [2.05, 4.69) is 9.97 Å². The molecule has 122 valence electrons. The minimum absolute atomic E-state index is 0.0298. The van der Waals surface area contributed by atoms with E-state index >= 15 is 0 Å². The van der Waals surface area contributed by atoms with Crippen molar-refractivity contribution in [2.45, 2.75) is 6.42 Å². The SMILES string of the molecule is COc1ccc(Cc2nc3cc(C(=O)O)ccc3c(=O)[nH]2)c(F)c1. The van der Waals surface area contributed by atoms with Crippen LogP contribution in [0.25, 0.3) is 10.9 Å². The Morgan fingerprint density at radius 3 is 2.75 bits per heavy atom. The van der Waals surface area contributed by atoms with Crippen LogP contribution in [0.2, 0.25) is 0 Å². The number of benzene rings is 2. The zero-order valence-electron chi connectivity index (χ0n) is 12.7.